The van der Waals surface area contributed by atoms with Crippen molar-refractivity contribution in [1.82, 2.24) is 0 Å². The zero-order chi connectivity index (χ0) is 7.99. The second-order valence-corrected chi connectivity index (χ2v) is 2.01. The van der Waals surface area contributed by atoms with Crippen LogP contribution in [0.2, 0.25) is 0 Å². The van der Waals surface area contributed by atoms with E-state index in [1.165, 1.54) is 0 Å². The van der Waals surface area contributed by atoms with Crippen molar-refractivity contribution in [1.29, 1.82) is 0 Å². The van der Waals surface area contributed by atoms with Crippen LogP contribution in [0.15, 0.2) is 11.8 Å². The molecule has 0 aromatic rings. The van der Waals surface area contributed by atoms with Crippen LogP contribution in [0.3, 0.4) is 0 Å². The number of alkyl halides is 4. The van der Waals surface area contributed by atoms with Gasteiger partial charge in [-0.25, -0.2) is 0 Å². The number of hydrogen-bond acceptors (Lipinski definition) is 1. The molecular formula is C5H4F4O. The molecule has 0 saturated carbocycles. The van der Waals surface area contributed by atoms with Crippen LogP contribution in [0, 0.1) is 0 Å². The summed E-state index contributed by atoms with van der Waals surface area (Å²) >= 11 is 0. The molecule has 0 saturated heterocycles. The zero-order valence-electron chi connectivity index (χ0n) is 5.00. The van der Waals surface area contributed by atoms with Crippen LogP contribution in [0.4, 0.5) is 17.6 Å². The zero-order valence-corrected chi connectivity index (χ0v) is 5.00. The van der Waals surface area contributed by atoms with Gasteiger partial charge in [-0.1, -0.05) is 0 Å². The molecule has 0 bridgehead atoms. The lowest BCUT2D eigenvalue weighted by molar-refractivity contribution is -0.293. The van der Waals surface area contributed by atoms with Gasteiger partial charge >= 0.3 is 12.0 Å². The van der Waals surface area contributed by atoms with Crippen molar-refractivity contribution in [2.75, 3.05) is 0 Å². The summed E-state index contributed by atoms with van der Waals surface area (Å²) in [5.41, 5.74) is -0.752. The van der Waals surface area contributed by atoms with E-state index in [4.69, 9.17) is 0 Å². The summed E-state index contributed by atoms with van der Waals surface area (Å²) < 4.78 is 51.7. The van der Waals surface area contributed by atoms with E-state index < -0.39 is 17.6 Å². The summed E-state index contributed by atoms with van der Waals surface area (Å²) in [7, 11) is 0. The van der Waals surface area contributed by atoms with Gasteiger partial charge in [0.25, 0.3) is 0 Å². The maximum absolute atomic E-state index is 12.2. The predicted molar refractivity (Wildman–Crippen MR) is 24.7 cm³/mol. The molecule has 10 heavy (non-hydrogen) atoms. The van der Waals surface area contributed by atoms with E-state index in [1.807, 2.05) is 0 Å². The molecule has 0 aromatic heterocycles. The Morgan fingerprint density at radius 2 is 1.80 bits per heavy atom. The molecular weight excluding hydrogens is 152 g/mol. The third kappa shape index (κ3) is 0.693. The monoisotopic (exact) mass is 156 g/mol. The lowest BCUT2D eigenvalue weighted by Gasteiger charge is -2.17. The average Bonchev–Trinajstić information content (AvgIpc) is 1.94. The van der Waals surface area contributed by atoms with Gasteiger partial charge in [-0.2, -0.15) is 17.6 Å². The molecule has 1 aliphatic heterocycles. The molecule has 0 aliphatic carbocycles. The van der Waals surface area contributed by atoms with Crippen LogP contribution in [0.25, 0.3) is 0 Å². The van der Waals surface area contributed by atoms with Crippen LogP contribution in [0.1, 0.15) is 6.92 Å². The Bertz CT molecular complexity index is 184. The number of ether oxygens (including phenoxy) is 1. The third-order valence-corrected chi connectivity index (χ3v) is 1.24. The van der Waals surface area contributed by atoms with E-state index in [0.717, 1.165) is 6.92 Å². The van der Waals surface area contributed by atoms with Gasteiger partial charge in [0.1, 0.15) is 0 Å². The summed E-state index contributed by atoms with van der Waals surface area (Å²) in [5.74, 6) is -4.15. The van der Waals surface area contributed by atoms with Crippen molar-refractivity contribution >= 4 is 0 Å². The fourth-order valence-electron chi connectivity index (χ4n) is 0.540. The minimum atomic E-state index is -4.36. The number of rotatable bonds is 0. The molecule has 0 atom stereocenters. The first-order valence-corrected chi connectivity index (χ1v) is 2.48. The molecule has 0 spiro atoms. The highest BCUT2D eigenvalue weighted by molar-refractivity contribution is 5.15. The summed E-state index contributed by atoms with van der Waals surface area (Å²) in [6, 6.07) is 0. The van der Waals surface area contributed by atoms with Gasteiger partial charge in [-0.05, 0) is 6.92 Å². The van der Waals surface area contributed by atoms with E-state index >= 15 is 0 Å². The Kier molecular flexibility index (Phi) is 1.21. The molecule has 5 heteroatoms. The molecule has 1 heterocycles. The van der Waals surface area contributed by atoms with E-state index in [9.17, 15) is 17.6 Å². The van der Waals surface area contributed by atoms with Gasteiger partial charge in [-0.15, -0.1) is 0 Å². The Morgan fingerprint density at radius 1 is 1.30 bits per heavy atom. The van der Waals surface area contributed by atoms with Crippen LogP contribution in [0.5, 0.6) is 0 Å². The highest BCUT2D eigenvalue weighted by Gasteiger charge is 2.63. The van der Waals surface area contributed by atoms with Gasteiger partial charge < -0.3 is 4.74 Å². The highest BCUT2D eigenvalue weighted by Crippen LogP contribution is 2.45. The lowest BCUT2D eigenvalue weighted by atomic mass is 10.2. The molecule has 0 N–H and O–H groups in total. The first-order chi connectivity index (χ1) is 4.38. The fourth-order valence-corrected chi connectivity index (χ4v) is 0.540. The molecule has 0 amide bonds. The lowest BCUT2D eigenvalue weighted by Crippen LogP contribution is -2.37. The summed E-state index contributed by atoms with van der Waals surface area (Å²) in [4.78, 5) is 0. The van der Waals surface area contributed by atoms with E-state index in [-0.39, 0.29) is 0 Å². The second-order valence-electron chi connectivity index (χ2n) is 2.01. The Morgan fingerprint density at radius 3 is 1.90 bits per heavy atom. The quantitative estimate of drug-likeness (QED) is 0.488. The molecule has 0 radical (unpaired) electrons. The molecule has 58 valence electrons. The minimum absolute atomic E-state index is 0.375. The summed E-state index contributed by atoms with van der Waals surface area (Å²) in [6.07, 6.45) is -3.99. The summed E-state index contributed by atoms with van der Waals surface area (Å²) in [5, 5.41) is 0. The molecule has 0 fully saturated rings. The Balaban J connectivity index is 2.96. The Labute approximate surface area is 54.3 Å². The van der Waals surface area contributed by atoms with Crippen molar-refractivity contribution < 1.29 is 22.3 Å². The van der Waals surface area contributed by atoms with E-state index in [2.05, 4.69) is 4.74 Å². The largest absolute Gasteiger partial charge is 0.468 e. The molecule has 0 aromatic carbocycles. The van der Waals surface area contributed by atoms with Gasteiger partial charge in [0.15, 0.2) is 0 Å². The second kappa shape index (κ2) is 1.65. The average molecular weight is 156 g/mol. The van der Waals surface area contributed by atoms with Crippen molar-refractivity contribution in [3.8, 4) is 0 Å². The third-order valence-electron chi connectivity index (χ3n) is 1.24. The van der Waals surface area contributed by atoms with Gasteiger partial charge in [0.05, 0.1) is 6.26 Å². The smallest absolute Gasteiger partial charge is 0.436 e. The van der Waals surface area contributed by atoms with Gasteiger partial charge in [-0.3, -0.25) is 0 Å². The maximum atomic E-state index is 12.2. The topological polar surface area (TPSA) is 9.23 Å². The first-order valence-electron chi connectivity index (χ1n) is 2.48. The van der Waals surface area contributed by atoms with Crippen molar-refractivity contribution in [2.24, 2.45) is 0 Å². The minimum Gasteiger partial charge on any atom is -0.436 e. The Hall–Kier alpha value is -0.740. The van der Waals surface area contributed by atoms with Crippen LogP contribution < -0.4 is 0 Å². The normalized spacial score (nSPS) is 27.5. The molecule has 0 unspecified atom stereocenters. The van der Waals surface area contributed by atoms with Crippen LogP contribution in [-0.2, 0) is 4.74 Å². The SMILES string of the molecule is CC1=COC(F)(F)C1(F)F. The highest BCUT2D eigenvalue weighted by atomic mass is 19.3. The molecule has 1 aliphatic rings. The van der Waals surface area contributed by atoms with Gasteiger partial charge in [0, 0.05) is 5.57 Å². The maximum Gasteiger partial charge on any atom is 0.468 e. The summed E-state index contributed by atoms with van der Waals surface area (Å²) in [6.45, 7) is 0.890. The van der Waals surface area contributed by atoms with E-state index in [1.54, 1.807) is 0 Å². The molecule has 1 rings (SSSR count). The van der Waals surface area contributed by atoms with Crippen molar-refractivity contribution in [3.05, 3.63) is 11.8 Å². The van der Waals surface area contributed by atoms with Crippen molar-refractivity contribution in [2.45, 2.75) is 19.0 Å². The van der Waals surface area contributed by atoms with E-state index in [0.29, 0.717) is 6.26 Å². The fraction of sp³-hybridized carbons (Fsp3) is 0.600. The predicted octanol–water partition coefficient (Wildman–Crippen LogP) is 2.15. The molecule has 1 nitrogen and oxygen atoms in total. The number of halogens is 4. The van der Waals surface area contributed by atoms with Crippen LogP contribution >= 0.6 is 0 Å². The number of hydrogen-bond donors (Lipinski definition) is 0. The van der Waals surface area contributed by atoms with Crippen LogP contribution in [-0.4, -0.2) is 12.0 Å². The first kappa shape index (κ1) is 7.37. The van der Waals surface area contributed by atoms with Crippen molar-refractivity contribution in [3.63, 3.8) is 0 Å². The standard InChI is InChI=1S/C5H4F4O/c1-3-2-10-5(8,9)4(3,6)7/h2H,1H3. The van der Waals surface area contributed by atoms with Gasteiger partial charge in [0.2, 0.25) is 0 Å².